The molecule has 12 nitrogen and oxygen atoms in total. The number of aromatic nitrogens is 3. The molecule has 0 spiro atoms. The summed E-state index contributed by atoms with van der Waals surface area (Å²) in [6.45, 7) is 0.797. The van der Waals surface area contributed by atoms with Gasteiger partial charge in [0, 0.05) is 6.54 Å². The van der Waals surface area contributed by atoms with Crippen LogP contribution in [0, 0.1) is 0 Å². The molecule has 2 rings (SSSR count). The number of aryl methyl sites for hydroxylation is 1. The van der Waals surface area contributed by atoms with Gasteiger partial charge in [0.2, 0.25) is 0 Å². The van der Waals surface area contributed by atoms with E-state index in [1.165, 1.54) is 25.7 Å². The number of benzene rings is 1. The van der Waals surface area contributed by atoms with E-state index in [1.807, 2.05) is 24.4 Å². The van der Waals surface area contributed by atoms with Crippen molar-refractivity contribution in [3.63, 3.8) is 0 Å². The van der Waals surface area contributed by atoms with E-state index < -0.39 is 31.5 Å². The molecule has 0 radical (unpaired) electrons. The van der Waals surface area contributed by atoms with Crippen molar-refractivity contribution < 1.29 is 44.2 Å². The van der Waals surface area contributed by atoms with Gasteiger partial charge < -0.3 is 39.4 Å². The number of carbonyl (C=O) groups is 1. The zero-order valence-corrected chi connectivity index (χ0v) is 24.6. The van der Waals surface area contributed by atoms with E-state index in [0.717, 1.165) is 38.6 Å². The molecule has 0 amide bonds. The third kappa shape index (κ3) is 16.9. The monoisotopic (exact) mass is 595 g/mol. The maximum Gasteiger partial charge on any atom is 0.338 e. The number of carbonyl (C=O) groups excluding carboxylic acids is 1. The number of aliphatic hydroxyl groups excluding tert-OH is 4. The summed E-state index contributed by atoms with van der Waals surface area (Å²) in [5.74, 6) is -0.253. The average Bonchev–Trinajstić information content (AvgIpc) is 3.47. The molecule has 0 fully saturated rings. The molecule has 1 heterocycles. The summed E-state index contributed by atoms with van der Waals surface area (Å²) in [5, 5.41) is 45.0. The molecule has 2 atom stereocenters. The summed E-state index contributed by atoms with van der Waals surface area (Å²) in [4.78, 5) is 11.9. The van der Waals surface area contributed by atoms with Crippen LogP contribution in [0.1, 0.15) is 73.8 Å². The Kier molecular flexibility index (Phi) is 19.6. The first kappa shape index (κ1) is 35.7. The quantitative estimate of drug-likeness (QED) is 0.0931. The van der Waals surface area contributed by atoms with Crippen LogP contribution in [0.2, 0.25) is 0 Å². The van der Waals surface area contributed by atoms with Gasteiger partial charge in [-0.15, -0.1) is 5.10 Å². The van der Waals surface area contributed by atoms with Crippen molar-refractivity contribution in [1.82, 2.24) is 15.0 Å². The summed E-state index contributed by atoms with van der Waals surface area (Å²) < 4.78 is 23.7. The number of aliphatic hydroxyl groups is 4. The van der Waals surface area contributed by atoms with Crippen LogP contribution in [0.25, 0.3) is 0 Å². The largest absolute Gasteiger partial charge is 0.462 e. The third-order valence-electron chi connectivity index (χ3n) is 6.48. The molecule has 2 aromatic rings. The lowest BCUT2D eigenvalue weighted by Gasteiger charge is -2.19. The molecule has 0 bridgehead atoms. The SMILES string of the molecule is O=C(OCCCCCCCCCCCn1cc(COC(COCC(O)CO)COCC(O)CO)nn1)c1ccccc1. The second-order valence-electron chi connectivity index (χ2n) is 10.3. The van der Waals surface area contributed by atoms with Crippen LogP contribution in [-0.4, -0.2) is 106 Å². The van der Waals surface area contributed by atoms with Gasteiger partial charge in [-0.25, -0.2) is 4.79 Å². The first-order valence-corrected chi connectivity index (χ1v) is 15.0. The smallest absolute Gasteiger partial charge is 0.338 e. The van der Waals surface area contributed by atoms with Crippen LogP contribution < -0.4 is 0 Å². The zero-order valence-electron chi connectivity index (χ0n) is 24.6. The Labute approximate surface area is 248 Å². The van der Waals surface area contributed by atoms with Gasteiger partial charge in [-0.3, -0.25) is 4.68 Å². The molecule has 0 aliphatic heterocycles. The van der Waals surface area contributed by atoms with E-state index >= 15 is 0 Å². The maximum atomic E-state index is 11.9. The number of esters is 1. The number of rotatable bonds is 26. The van der Waals surface area contributed by atoms with Gasteiger partial charge in [-0.05, 0) is 25.0 Å². The summed E-state index contributed by atoms with van der Waals surface area (Å²) >= 11 is 0. The van der Waals surface area contributed by atoms with Gasteiger partial charge in [-0.1, -0.05) is 68.4 Å². The number of hydrogen-bond donors (Lipinski definition) is 4. The first-order chi connectivity index (χ1) is 20.5. The molecule has 0 saturated carbocycles. The fourth-order valence-electron chi connectivity index (χ4n) is 4.07. The molecular weight excluding hydrogens is 546 g/mol. The first-order valence-electron chi connectivity index (χ1n) is 15.0. The highest BCUT2D eigenvalue weighted by Crippen LogP contribution is 2.11. The van der Waals surface area contributed by atoms with Crippen LogP contribution in [0.15, 0.2) is 36.5 Å². The molecule has 0 aliphatic carbocycles. The van der Waals surface area contributed by atoms with Crippen molar-refractivity contribution in [1.29, 1.82) is 0 Å². The second kappa shape index (κ2) is 23.1. The van der Waals surface area contributed by atoms with Crippen LogP contribution in [0.5, 0.6) is 0 Å². The summed E-state index contributed by atoms with van der Waals surface area (Å²) in [6.07, 6.45) is 9.45. The fourth-order valence-corrected chi connectivity index (χ4v) is 4.07. The van der Waals surface area contributed by atoms with Crippen LogP contribution in [0.3, 0.4) is 0 Å². The van der Waals surface area contributed by atoms with Crippen molar-refractivity contribution in [2.45, 2.75) is 89.3 Å². The molecule has 238 valence electrons. The van der Waals surface area contributed by atoms with Crippen LogP contribution in [-0.2, 0) is 32.1 Å². The van der Waals surface area contributed by atoms with E-state index in [-0.39, 0.29) is 39.0 Å². The highest BCUT2D eigenvalue weighted by atomic mass is 16.6. The standard InChI is InChI=1S/C30H49N3O9/c34-18-27(36)21-39-23-29(24-40-22-28(37)19-35)42-20-26-17-33(32-31-26)15-11-6-4-2-1-3-5-7-12-16-41-30(38)25-13-9-8-10-14-25/h8-10,13-14,17,27-29,34-37H,1-7,11-12,15-16,18-24H2. The number of nitrogens with zero attached hydrogens (tertiary/aromatic N) is 3. The summed E-state index contributed by atoms with van der Waals surface area (Å²) in [6, 6.07) is 9.07. The Morgan fingerprint density at radius 2 is 1.36 bits per heavy atom. The van der Waals surface area contributed by atoms with Crippen molar-refractivity contribution in [3.05, 3.63) is 47.8 Å². The van der Waals surface area contributed by atoms with E-state index in [1.54, 1.807) is 16.8 Å². The highest BCUT2D eigenvalue weighted by molar-refractivity contribution is 5.89. The number of hydrogen-bond acceptors (Lipinski definition) is 11. The number of ether oxygens (including phenoxy) is 4. The number of unbranched alkanes of at least 4 members (excludes halogenated alkanes) is 8. The van der Waals surface area contributed by atoms with Crippen LogP contribution >= 0.6 is 0 Å². The molecule has 42 heavy (non-hydrogen) atoms. The van der Waals surface area contributed by atoms with Gasteiger partial charge in [0.25, 0.3) is 0 Å². The lowest BCUT2D eigenvalue weighted by atomic mass is 10.1. The van der Waals surface area contributed by atoms with Crippen molar-refractivity contribution in [2.24, 2.45) is 0 Å². The average molecular weight is 596 g/mol. The predicted octanol–water partition coefficient (Wildman–Crippen LogP) is 2.27. The fraction of sp³-hybridized carbons (Fsp3) is 0.700. The van der Waals surface area contributed by atoms with Gasteiger partial charge in [-0.2, -0.15) is 0 Å². The molecule has 1 aromatic carbocycles. The molecular formula is C30H49N3O9. The second-order valence-corrected chi connectivity index (χ2v) is 10.3. The maximum absolute atomic E-state index is 11.9. The minimum atomic E-state index is -0.974. The van der Waals surface area contributed by atoms with E-state index in [9.17, 15) is 15.0 Å². The summed E-state index contributed by atoms with van der Waals surface area (Å²) in [5.41, 5.74) is 1.26. The molecule has 12 heteroatoms. The van der Waals surface area contributed by atoms with Gasteiger partial charge in [0.05, 0.1) is 64.6 Å². The van der Waals surface area contributed by atoms with E-state index in [2.05, 4.69) is 10.3 Å². The Balaban J connectivity index is 1.49. The van der Waals surface area contributed by atoms with Gasteiger partial charge in [0.1, 0.15) is 24.0 Å². The van der Waals surface area contributed by atoms with Crippen LogP contribution in [0.4, 0.5) is 0 Å². The highest BCUT2D eigenvalue weighted by Gasteiger charge is 2.14. The van der Waals surface area contributed by atoms with Gasteiger partial charge in [0.15, 0.2) is 0 Å². The molecule has 4 N–H and O–H groups in total. The molecule has 0 saturated heterocycles. The Hall–Kier alpha value is -2.45. The van der Waals surface area contributed by atoms with Gasteiger partial charge >= 0.3 is 5.97 Å². The molecule has 0 aliphatic rings. The topological polar surface area (TPSA) is 166 Å². The molecule has 1 aromatic heterocycles. The predicted molar refractivity (Wildman–Crippen MR) is 155 cm³/mol. The zero-order chi connectivity index (χ0) is 30.3. The third-order valence-corrected chi connectivity index (χ3v) is 6.48. The minimum absolute atomic E-state index is 0.0417. The minimum Gasteiger partial charge on any atom is -0.462 e. The lowest BCUT2D eigenvalue weighted by Crippen LogP contribution is -2.30. The van der Waals surface area contributed by atoms with E-state index in [0.29, 0.717) is 17.9 Å². The lowest BCUT2D eigenvalue weighted by molar-refractivity contribution is -0.0926. The Morgan fingerprint density at radius 1 is 0.786 bits per heavy atom. The van der Waals surface area contributed by atoms with E-state index in [4.69, 9.17) is 29.2 Å². The van der Waals surface area contributed by atoms with Crippen molar-refractivity contribution in [2.75, 3.05) is 46.2 Å². The van der Waals surface area contributed by atoms with Crippen molar-refractivity contribution in [3.8, 4) is 0 Å². The summed E-state index contributed by atoms with van der Waals surface area (Å²) in [7, 11) is 0. The normalized spacial score (nSPS) is 13.6. The Bertz CT molecular complexity index is 916. The molecule has 2 unspecified atom stereocenters. The Morgan fingerprint density at radius 3 is 1.95 bits per heavy atom. The van der Waals surface area contributed by atoms with Crippen molar-refractivity contribution >= 4 is 5.97 Å².